The number of carbonyl (C=O) groups excluding carboxylic acids is 1. The lowest BCUT2D eigenvalue weighted by Crippen LogP contribution is -2.25. The van der Waals surface area contributed by atoms with Crippen molar-refractivity contribution in [1.82, 2.24) is 19.7 Å². The van der Waals surface area contributed by atoms with E-state index in [2.05, 4.69) is 15.3 Å². The summed E-state index contributed by atoms with van der Waals surface area (Å²) < 4.78 is 1.59. The topological polar surface area (TPSA) is 92.9 Å². The van der Waals surface area contributed by atoms with Gasteiger partial charge in [0.2, 0.25) is 5.91 Å². The molecule has 0 saturated carbocycles. The normalized spacial score (nSPS) is 15.3. The number of hydrogen-bond acceptors (Lipinski definition) is 5. The van der Waals surface area contributed by atoms with Crippen molar-refractivity contribution < 1.29 is 9.90 Å². The molecule has 0 spiro atoms. The fourth-order valence-electron chi connectivity index (χ4n) is 4.14. The third kappa shape index (κ3) is 3.61. The van der Waals surface area contributed by atoms with Crippen LogP contribution in [-0.2, 0) is 4.79 Å². The molecule has 1 atom stereocenters. The van der Waals surface area contributed by atoms with E-state index >= 15 is 0 Å². The first kappa shape index (κ1) is 20.2. The molecule has 1 aliphatic heterocycles. The minimum absolute atomic E-state index is 0.140. The summed E-state index contributed by atoms with van der Waals surface area (Å²) in [5.41, 5.74) is 4.84. The molecule has 7 nitrogen and oxygen atoms in total. The van der Waals surface area contributed by atoms with Gasteiger partial charge in [-0.1, -0.05) is 35.9 Å². The van der Waals surface area contributed by atoms with Crippen molar-refractivity contribution in [2.75, 3.05) is 5.32 Å². The number of nitrogens with one attached hydrogen (secondary N) is 1. The molecule has 2 N–H and O–H groups in total. The zero-order chi connectivity index (χ0) is 22.4. The van der Waals surface area contributed by atoms with Crippen molar-refractivity contribution in [1.29, 1.82) is 0 Å². The van der Waals surface area contributed by atoms with E-state index in [-0.39, 0.29) is 24.0 Å². The van der Waals surface area contributed by atoms with Gasteiger partial charge in [0.1, 0.15) is 11.6 Å². The van der Waals surface area contributed by atoms with E-state index in [9.17, 15) is 9.90 Å². The lowest BCUT2D eigenvalue weighted by molar-refractivity contribution is -0.116. The van der Waals surface area contributed by atoms with Crippen molar-refractivity contribution in [2.45, 2.75) is 26.2 Å². The molecule has 0 bridgehead atoms. The molecule has 2 aromatic heterocycles. The summed E-state index contributed by atoms with van der Waals surface area (Å²) in [5, 5.41) is 18.5. The second-order valence-corrected chi connectivity index (χ2v) is 8.32. The molecule has 3 heterocycles. The Kier molecular flexibility index (Phi) is 4.90. The van der Waals surface area contributed by atoms with Crippen LogP contribution in [0.25, 0.3) is 17.2 Å². The molecule has 32 heavy (non-hydrogen) atoms. The van der Waals surface area contributed by atoms with E-state index in [1.165, 1.54) is 0 Å². The summed E-state index contributed by atoms with van der Waals surface area (Å²) in [5.74, 6) is 0.628. The molecule has 4 aromatic rings. The molecule has 0 radical (unpaired) electrons. The van der Waals surface area contributed by atoms with E-state index in [0.29, 0.717) is 22.5 Å². The number of aromatic hydroxyl groups is 1. The number of benzene rings is 2. The summed E-state index contributed by atoms with van der Waals surface area (Å²) in [6.07, 6.45) is 0.233. The van der Waals surface area contributed by atoms with Gasteiger partial charge in [0.25, 0.3) is 5.95 Å². The highest BCUT2D eigenvalue weighted by molar-refractivity contribution is 6.30. The third-order valence-corrected chi connectivity index (χ3v) is 5.72. The Hall–Kier alpha value is -3.71. The van der Waals surface area contributed by atoms with Gasteiger partial charge in [0.15, 0.2) is 0 Å². The van der Waals surface area contributed by atoms with Gasteiger partial charge < -0.3 is 10.4 Å². The predicted molar refractivity (Wildman–Crippen MR) is 122 cm³/mol. The zero-order valence-corrected chi connectivity index (χ0v) is 18.3. The maximum Gasteiger partial charge on any atom is 0.252 e. The molecule has 0 aliphatic carbocycles. The van der Waals surface area contributed by atoms with E-state index in [1.54, 1.807) is 35.0 Å². The van der Waals surface area contributed by atoms with Gasteiger partial charge in [-0.3, -0.25) is 4.79 Å². The largest absolute Gasteiger partial charge is 0.508 e. The van der Waals surface area contributed by atoms with E-state index in [0.717, 1.165) is 28.1 Å². The molecule has 2 aromatic carbocycles. The first-order chi connectivity index (χ1) is 15.4. The van der Waals surface area contributed by atoms with E-state index in [1.807, 2.05) is 38.1 Å². The Morgan fingerprint density at radius 3 is 2.47 bits per heavy atom. The van der Waals surface area contributed by atoms with Gasteiger partial charge in [0.05, 0.1) is 5.69 Å². The number of carbonyl (C=O) groups is 1. The molecule has 0 fully saturated rings. The Morgan fingerprint density at radius 1 is 1.06 bits per heavy atom. The van der Waals surface area contributed by atoms with Gasteiger partial charge in [-0.2, -0.15) is 9.78 Å². The molecular weight excluding hydrogens is 426 g/mol. The van der Waals surface area contributed by atoms with Crippen molar-refractivity contribution in [3.05, 3.63) is 82.1 Å². The van der Waals surface area contributed by atoms with Gasteiger partial charge in [-0.15, -0.1) is 0 Å². The summed E-state index contributed by atoms with van der Waals surface area (Å²) in [7, 11) is 0. The summed E-state index contributed by atoms with van der Waals surface area (Å²) in [4.78, 5) is 21.8. The lowest BCUT2D eigenvalue weighted by Gasteiger charge is -2.24. The highest BCUT2D eigenvalue weighted by atomic mass is 35.5. The van der Waals surface area contributed by atoms with Crippen molar-refractivity contribution >= 4 is 23.3 Å². The minimum atomic E-state index is -0.295. The number of aromatic nitrogens is 4. The van der Waals surface area contributed by atoms with Crippen LogP contribution in [0.4, 0.5) is 5.82 Å². The first-order valence-corrected chi connectivity index (χ1v) is 10.6. The number of aryl methyl sites for hydroxylation is 2. The van der Waals surface area contributed by atoms with Crippen molar-refractivity contribution in [2.24, 2.45) is 0 Å². The number of amides is 1. The number of phenols is 1. The average Bonchev–Trinajstić information content (AvgIpc) is 3.12. The third-order valence-electron chi connectivity index (χ3n) is 5.47. The Balaban J connectivity index is 1.79. The molecule has 160 valence electrons. The van der Waals surface area contributed by atoms with Crippen LogP contribution in [0.3, 0.4) is 0 Å². The number of rotatable bonds is 3. The maximum atomic E-state index is 12.7. The number of phenolic OH excluding ortho intramolecular Hbond substituents is 1. The number of anilines is 1. The second-order valence-electron chi connectivity index (χ2n) is 7.88. The summed E-state index contributed by atoms with van der Waals surface area (Å²) in [6, 6.07) is 16.3. The molecule has 0 saturated heterocycles. The average molecular weight is 446 g/mol. The monoisotopic (exact) mass is 445 g/mol. The maximum absolute atomic E-state index is 12.7. The fraction of sp³-hybridized carbons (Fsp3) is 0.167. The van der Waals surface area contributed by atoms with Crippen LogP contribution < -0.4 is 5.32 Å². The Bertz CT molecular complexity index is 1330. The Labute approximate surface area is 189 Å². The minimum Gasteiger partial charge on any atom is -0.508 e. The standard InChI is InChI=1S/C24H20ClN5O2/c1-13-10-14(2)27-24(26-13)30-23-21(22(29-30)15-6-8-17(25)9-7-15)19(12-20(32)28-23)16-4-3-5-18(31)11-16/h3-11,19,31H,12H2,1-2H3,(H,28,32). The fourth-order valence-corrected chi connectivity index (χ4v) is 4.27. The van der Waals surface area contributed by atoms with Crippen LogP contribution in [0.2, 0.25) is 5.02 Å². The van der Waals surface area contributed by atoms with Gasteiger partial charge in [0, 0.05) is 39.9 Å². The number of halogens is 1. The second kappa shape index (κ2) is 7.76. The quantitative estimate of drug-likeness (QED) is 0.473. The van der Waals surface area contributed by atoms with E-state index in [4.69, 9.17) is 16.7 Å². The van der Waals surface area contributed by atoms with Gasteiger partial charge in [-0.05, 0) is 49.7 Å². The van der Waals surface area contributed by atoms with Crippen LogP contribution in [0.5, 0.6) is 5.75 Å². The summed E-state index contributed by atoms with van der Waals surface area (Å²) >= 11 is 6.11. The molecule has 1 aliphatic rings. The van der Waals surface area contributed by atoms with Crippen LogP contribution in [0, 0.1) is 13.8 Å². The molecule has 8 heteroatoms. The highest BCUT2D eigenvalue weighted by Gasteiger charge is 2.35. The van der Waals surface area contributed by atoms with Crippen molar-refractivity contribution in [3.63, 3.8) is 0 Å². The highest BCUT2D eigenvalue weighted by Crippen LogP contribution is 2.44. The number of hydrogen-bond donors (Lipinski definition) is 2. The van der Waals surface area contributed by atoms with E-state index < -0.39 is 0 Å². The van der Waals surface area contributed by atoms with Crippen LogP contribution in [0.15, 0.2) is 54.6 Å². The number of fused-ring (bicyclic) bond motifs is 1. The smallest absolute Gasteiger partial charge is 0.252 e. The molecule has 5 rings (SSSR count). The Morgan fingerprint density at radius 2 is 1.78 bits per heavy atom. The zero-order valence-electron chi connectivity index (χ0n) is 17.5. The summed E-state index contributed by atoms with van der Waals surface area (Å²) in [6.45, 7) is 3.78. The van der Waals surface area contributed by atoms with Crippen LogP contribution in [0.1, 0.15) is 34.9 Å². The van der Waals surface area contributed by atoms with Crippen LogP contribution >= 0.6 is 11.6 Å². The number of nitrogens with zero attached hydrogens (tertiary/aromatic N) is 4. The van der Waals surface area contributed by atoms with Gasteiger partial charge >= 0.3 is 0 Å². The lowest BCUT2D eigenvalue weighted by atomic mass is 9.84. The first-order valence-electron chi connectivity index (χ1n) is 10.2. The van der Waals surface area contributed by atoms with Crippen molar-refractivity contribution in [3.8, 4) is 23.0 Å². The predicted octanol–water partition coefficient (Wildman–Crippen LogP) is 4.78. The van der Waals surface area contributed by atoms with Gasteiger partial charge in [-0.25, -0.2) is 9.97 Å². The molecule has 1 unspecified atom stereocenters. The molecular formula is C24H20ClN5O2. The van der Waals surface area contributed by atoms with Crippen LogP contribution in [-0.4, -0.2) is 30.8 Å². The molecule has 1 amide bonds. The SMILES string of the molecule is Cc1cc(C)nc(-n2nc(-c3ccc(Cl)cc3)c3c2NC(=O)CC3c2cccc(O)c2)n1.